The van der Waals surface area contributed by atoms with Crippen LogP contribution in [0.1, 0.15) is 26.2 Å². The van der Waals surface area contributed by atoms with Crippen molar-refractivity contribution in [1.82, 2.24) is 9.80 Å². The molecule has 5 heteroatoms. The van der Waals surface area contributed by atoms with Crippen LogP contribution in [-0.4, -0.2) is 58.5 Å². The van der Waals surface area contributed by atoms with Crippen LogP contribution in [0, 0.1) is 0 Å². The SMILES string of the molecule is CCC(C(=O)O)N1CCN2C(=O)CCC2C1. The molecule has 2 heterocycles. The first kappa shape index (κ1) is 11.4. The lowest BCUT2D eigenvalue weighted by Crippen LogP contribution is -2.56. The van der Waals surface area contributed by atoms with Crippen LogP contribution < -0.4 is 0 Å². The maximum Gasteiger partial charge on any atom is 0.320 e. The van der Waals surface area contributed by atoms with Gasteiger partial charge in [-0.2, -0.15) is 0 Å². The minimum absolute atomic E-state index is 0.230. The Morgan fingerprint density at radius 2 is 2.31 bits per heavy atom. The first-order chi connectivity index (χ1) is 7.63. The van der Waals surface area contributed by atoms with Gasteiger partial charge in [-0.25, -0.2) is 0 Å². The van der Waals surface area contributed by atoms with E-state index < -0.39 is 12.0 Å². The Morgan fingerprint density at radius 3 is 2.94 bits per heavy atom. The van der Waals surface area contributed by atoms with E-state index in [9.17, 15) is 9.59 Å². The molecule has 1 N–H and O–H groups in total. The molecule has 2 unspecified atom stereocenters. The van der Waals surface area contributed by atoms with Gasteiger partial charge < -0.3 is 10.0 Å². The van der Waals surface area contributed by atoms with E-state index in [0.29, 0.717) is 25.9 Å². The number of fused-ring (bicyclic) bond motifs is 1. The van der Waals surface area contributed by atoms with E-state index in [1.807, 2.05) is 16.7 Å². The minimum Gasteiger partial charge on any atom is -0.480 e. The predicted octanol–water partition coefficient (Wildman–Crippen LogP) is 0.156. The van der Waals surface area contributed by atoms with E-state index in [1.165, 1.54) is 0 Å². The smallest absolute Gasteiger partial charge is 0.320 e. The summed E-state index contributed by atoms with van der Waals surface area (Å²) in [5.41, 5.74) is 0. The Labute approximate surface area is 95.0 Å². The van der Waals surface area contributed by atoms with Crippen molar-refractivity contribution < 1.29 is 14.7 Å². The van der Waals surface area contributed by atoms with E-state index >= 15 is 0 Å². The molecule has 1 amide bonds. The van der Waals surface area contributed by atoms with Crippen molar-refractivity contribution in [2.24, 2.45) is 0 Å². The van der Waals surface area contributed by atoms with Gasteiger partial charge in [0.15, 0.2) is 0 Å². The molecule has 2 rings (SSSR count). The highest BCUT2D eigenvalue weighted by atomic mass is 16.4. The second kappa shape index (κ2) is 4.41. The number of carboxylic acid groups (broad SMARTS) is 1. The van der Waals surface area contributed by atoms with Crippen LogP contribution in [0.4, 0.5) is 0 Å². The fourth-order valence-electron chi connectivity index (χ4n) is 2.76. The fourth-order valence-corrected chi connectivity index (χ4v) is 2.76. The van der Waals surface area contributed by atoms with Crippen molar-refractivity contribution in [2.45, 2.75) is 38.3 Å². The zero-order valence-corrected chi connectivity index (χ0v) is 9.56. The molecule has 0 aromatic heterocycles. The van der Waals surface area contributed by atoms with Crippen LogP contribution in [0.25, 0.3) is 0 Å². The molecule has 0 aliphatic carbocycles. The highest BCUT2D eigenvalue weighted by Gasteiger charge is 2.38. The summed E-state index contributed by atoms with van der Waals surface area (Å²) in [6, 6.07) is -0.146. The number of carbonyl (C=O) groups excluding carboxylic acids is 1. The second-order valence-corrected chi connectivity index (χ2v) is 4.54. The number of amides is 1. The zero-order valence-electron chi connectivity index (χ0n) is 9.56. The fraction of sp³-hybridized carbons (Fsp3) is 0.818. The molecule has 0 saturated carbocycles. The Balaban J connectivity index is 2.01. The summed E-state index contributed by atoms with van der Waals surface area (Å²) in [6.45, 7) is 3.99. The summed E-state index contributed by atoms with van der Waals surface area (Å²) in [5, 5.41) is 9.10. The maximum atomic E-state index is 11.5. The quantitative estimate of drug-likeness (QED) is 0.744. The van der Waals surface area contributed by atoms with Gasteiger partial charge in [0.1, 0.15) is 6.04 Å². The summed E-state index contributed by atoms with van der Waals surface area (Å²) in [7, 11) is 0. The molecule has 2 aliphatic rings. The van der Waals surface area contributed by atoms with Gasteiger partial charge >= 0.3 is 5.97 Å². The van der Waals surface area contributed by atoms with Crippen molar-refractivity contribution in [1.29, 1.82) is 0 Å². The third-order valence-corrected chi connectivity index (χ3v) is 3.64. The topological polar surface area (TPSA) is 60.9 Å². The first-order valence-corrected chi connectivity index (χ1v) is 5.89. The normalized spacial score (nSPS) is 27.9. The van der Waals surface area contributed by atoms with Crippen molar-refractivity contribution >= 4 is 11.9 Å². The number of piperazine rings is 1. The van der Waals surface area contributed by atoms with Gasteiger partial charge in [0, 0.05) is 32.1 Å². The van der Waals surface area contributed by atoms with Gasteiger partial charge in [0.2, 0.25) is 5.91 Å². The van der Waals surface area contributed by atoms with E-state index in [-0.39, 0.29) is 11.9 Å². The van der Waals surface area contributed by atoms with Crippen LogP contribution in [0.5, 0.6) is 0 Å². The summed E-state index contributed by atoms with van der Waals surface area (Å²) in [4.78, 5) is 26.5. The standard InChI is InChI=1S/C11H18N2O3/c1-2-9(11(15)16)12-5-6-13-8(7-12)3-4-10(13)14/h8-9H,2-7H2,1H3,(H,15,16). The van der Waals surface area contributed by atoms with Crippen molar-refractivity contribution in [3.05, 3.63) is 0 Å². The molecule has 90 valence electrons. The van der Waals surface area contributed by atoms with Crippen LogP contribution >= 0.6 is 0 Å². The van der Waals surface area contributed by atoms with Gasteiger partial charge in [-0.15, -0.1) is 0 Å². The van der Waals surface area contributed by atoms with Crippen LogP contribution in [-0.2, 0) is 9.59 Å². The zero-order chi connectivity index (χ0) is 11.7. The Kier molecular flexibility index (Phi) is 3.14. The number of carboxylic acids is 1. The monoisotopic (exact) mass is 226 g/mol. The molecule has 0 bridgehead atoms. The molecule has 2 aliphatic heterocycles. The van der Waals surface area contributed by atoms with E-state index in [0.717, 1.165) is 13.0 Å². The molecule has 16 heavy (non-hydrogen) atoms. The van der Waals surface area contributed by atoms with Crippen LogP contribution in [0.15, 0.2) is 0 Å². The van der Waals surface area contributed by atoms with E-state index in [1.54, 1.807) is 0 Å². The Bertz CT molecular complexity index is 306. The Hall–Kier alpha value is -1.10. The lowest BCUT2D eigenvalue weighted by Gasteiger charge is -2.39. The molecule has 5 nitrogen and oxygen atoms in total. The van der Waals surface area contributed by atoms with Crippen LogP contribution in [0.3, 0.4) is 0 Å². The van der Waals surface area contributed by atoms with Crippen molar-refractivity contribution in [2.75, 3.05) is 19.6 Å². The molecule has 2 atom stereocenters. The highest BCUT2D eigenvalue weighted by Crippen LogP contribution is 2.24. The third-order valence-electron chi connectivity index (χ3n) is 3.64. The molecule has 0 radical (unpaired) electrons. The number of aliphatic carboxylic acids is 1. The molecule has 0 aromatic carbocycles. The Morgan fingerprint density at radius 1 is 1.56 bits per heavy atom. The molecule has 0 spiro atoms. The molecular weight excluding hydrogens is 208 g/mol. The maximum absolute atomic E-state index is 11.5. The average molecular weight is 226 g/mol. The minimum atomic E-state index is -0.750. The van der Waals surface area contributed by atoms with E-state index in [4.69, 9.17) is 5.11 Å². The van der Waals surface area contributed by atoms with Gasteiger partial charge in [-0.3, -0.25) is 14.5 Å². The number of carbonyl (C=O) groups is 2. The highest BCUT2D eigenvalue weighted by molar-refractivity contribution is 5.79. The van der Waals surface area contributed by atoms with Gasteiger partial charge in [0.05, 0.1) is 0 Å². The molecular formula is C11H18N2O3. The van der Waals surface area contributed by atoms with Crippen LogP contribution in [0.2, 0.25) is 0 Å². The lowest BCUT2D eigenvalue weighted by atomic mass is 10.1. The third kappa shape index (κ3) is 1.91. The molecule has 0 aromatic rings. The van der Waals surface area contributed by atoms with Crippen molar-refractivity contribution in [3.63, 3.8) is 0 Å². The van der Waals surface area contributed by atoms with Gasteiger partial charge in [-0.05, 0) is 12.8 Å². The molecule has 2 fully saturated rings. The van der Waals surface area contributed by atoms with Gasteiger partial charge in [-0.1, -0.05) is 6.92 Å². The van der Waals surface area contributed by atoms with E-state index in [2.05, 4.69) is 0 Å². The summed E-state index contributed by atoms with van der Waals surface area (Å²) >= 11 is 0. The summed E-state index contributed by atoms with van der Waals surface area (Å²) in [5.74, 6) is -0.520. The number of nitrogens with zero attached hydrogens (tertiary/aromatic N) is 2. The first-order valence-electron chi connectivity index (χ1n) is 5.89. The molecule has 2 saturated heterocycles. The summed E-state index contributed by atoms with van der Waals surface area (Å²) < 4.78 is 0. The number of hydrogen-bond acceptors (Lipinski definition) is 3. The largest absolute Gasteiger partial charge is 0.480 e. The number of hydrogen-bond donors (Lipinski definition) is 1. The second-order valence-electron chi connectivity index (χ2n) is 4.54. The lowest BCUT2D eigenvalue weighted by molar-refractivity contribution is -0.145. The predicted molar refractivity (Wildman–Crippen MR) is 58.0 cm³/mol. The van der Waals surface area contributed by atoms with Crippen molar-refractivity contribution in [3.8, 4) is 0 Å². The average Bonchev–Trinajstić information content (AvgIpc) is 2.61. The number of rotatable bonds is 3. The summed E-state index contributed by atoms with van der Waals surface area (Å²) in [6.07, 6.45) is 2.13. The van der Waals surface area contributed by atoms with Gasteiger partial charge in [0.25, 0.3) is 0 Å².